The van der Waals surface area contributed by atoms with Crippen molar-refractivity contribution in [1.82, 2.24) is 4.90 Å². The number of hydrogen-bond acceptors (Lipinski definition) is 6. The second-order valence-electron chi connectivity index (χ2n) is 6.42. The van der Waals surface area contributed by atoms with Crippen LogP contribution >= 0.6 is 11.3 Å². The maximum atomic E-state index is 12.0. The predicted molar refractivity (Wildman–Crippen MR) is 94.6 cm³/mol. The van der Waals surface area contributed by atoms with Crippen LogP contribution in [0.15, 0.2) is 6.07 Å². The maximum absolute atomic E-state index is 12.0. The van der Waals surface area contributed by atoms with E-state index in [0.29, 0.717) is 23.7 Å². The number of nitrogens with zero attached hydrogens (tertiary/aromatic N) is 2. The molecule has 24 heavy (non-hydrogen) atoms. The standard InChI is InChI=1S/C17H25N3O3S/c1-4-17(2,3)14-11-13(12-18)15(24-14)19-16(21)23-10-7-20-5-8-22-9-6-20/h11H,4-10H2,1-3H3,(H,19,21). The van der Waals surface area contributed by atoms with Crippen LogP contribution in [0.5, 0.6) is 0 Å². The lowest BCUT2D eigenvalue weighted by molar-refractivity contribution is 0.0290. The fourth-order valence-electron chi connectivity index (χ4n) is 2.30. The van der Waals surface area contributed by atoms with Gasteiger partial charge in [-0.25, -0.2) is 4.79 Å². The van der Waals surface area contributed by atoms with E-state index in [4.69, 9.17) is 9.47 Å². The second-order valence-corrected chi connectivity index (χ2v) is 7.47. The second kappa shape index (κ2) is 8.47. The van der Waals surface area contributed by atoms with E-state index in [-0.39, 0.29) is 5.41 Å². The third kappa shape index (κ3) is 4.94. The van der Waals surface area contributed by atoms with Crippen LogP contribution in [0, 0.1) is 11.3 Å². The quantitative estimate of drug-likeness (QED) is 0.852. The van der Waals surface area contributed by atoms with Crippen LogP contribution in [0.1, 0.15) is 37.6 Å². The van der Waals surface area contributed by atoms with Crippen molar-refractivity contribution < 1.29 is 14.3 Å². The number of nitrogens with one attached hydrogen (secondary N) is 1. The molecule has 0 aliphatic carbocycles. The highest BCUT2D eigenvalue weighted by molar-refractivity contribution is 7.16. The minimum Gasteiger partial charge on any atom is -0.448 e. The number of carbonyl (C=O) groups is 1. The molecule has 1 aliphatic heterocycles. The molecule has 1 N–H and O–H groups in total. The maximum Gasteiger partial charge on any atom is 0.412 e. The fraction of sp³-hybridized carbons (Fsp3) is 0.647. The van der Waals surface area contributed by atoms with Gasteiger partial charge in [0.05, 0.1) is 18.8 Å². The molecule has 0 saturated carbocycles. The fourth-order valence-corrected chi connectivity index (χ4v) is 3.46. The Labute approximate surface area is 147 Å². The first-order valence-corrected chi connectivity index (χ1v) is 9.06. The summed E-state index contributed by atoms with van der Waals surface area (Å²) in [4.78, 5) is 15.3. The molecule has 1 saturated heterocycles. The van der Waals surface area contributed by atoms with E-state index >= 15 is 0 Å². The van der Waals surface area contributed by atoms with Gasteiger partial charge in [-0.15, -0.1) is 11.3 Å². The van der Waals surface area contributed by atoms with Crippen molar-refractivity contribution >= 4 is 22.4 Å². The number of nitriles is 1. The lowest BCUT2D eigenvalue weighted by Gasteiger charge is -2.26. The number of thiophene rings is 1. The average Bonchev–Trinajstić information content (AvgIpc) is 2.99. The molecule has 0 unspecified atom stereocenters. The zero-order valence-corrected chi connectivity index (χ0v) is 15.4. The summed E-state index contributed by atoms with van der Waals surface area (Å²) < 4.78 is 10.5. The van der Waals surface area contributed by atoms with Crippen LogP contribution in [0.4, 0.5) is 9.80 Å². The molecule has 0 spiro atoms. The summed E-state index contributed by atoms with van der Waals surface area (Å²) in [6, 6.07) is 4.00. The topological polar surface area (TPSA) is 74.6 Å². The van der Waals surface area contributed by atoms with Crippen molar-refractivity contribution in [2.45, 2.75) is 32.6 Å². The van der Waals surface area contributed by atoms with Gasteiger partial charge in [-0.05, 0) is 17.9 Å². The van der Waals surface area contributed by atoms with Crippen molar-refractivity contribution in [3.8, 4) is 6.07 Å². The molecular formula is C17H25N3O3S. The van der Waals surface area contributed by atoms with Crippen LogP contribution < -0.4 is 5.32 Å². The molecule has 2 heterocycles. The van der Waals surface area contributed by atoms with Gasteiger partial charge < -0.3 is 9.47 Å². The Bertz CT molecular complexity index is 601. The average molecular weight is 351 g/mol. The molecule has 1 amide bonds. The number of anilines is 1. The predicted octanol–water partition coefficient (Wildman–Crippen LogP) is 3.19. The molecular weight excluding hydrogens is 326 g/mol. The first-order valence-electron chi connectivity index (χ1n) is 8.24. The van der Waals surface area contributed by atoms with Crippen molar-refractivity contribution in [3.63, 3.8) is 0 Å². The Hall–Kier alpha value is -1.62. The van der Waals surface area contributed by atoms with Gasteiger partial charge in [0.1, 0.15) is 17.7 Å². The van der Waals surface area contributed by atoms with E-state index in [0.717, 1.165) is 37.6 Å². The van der Waals surface area contributed by atoms with Crippen molar-refractivity contribution in [2.75, 3.05) is 44.8 Å². The van der Waals surface area contributed by atoms with Crippen LogP contribution in [0.2, 0.25) is 0 Å². The molecule has 132 valence electrons. The third-order valence-electron chi connectivity index (χ3n) is 4.36. The van der Waals surface area contributed by atoms with Crippen LogP contribution in [0.25, 0.3) is 0 Å². The Balaban J connectivity index is 1.88. The normalized spacial score (nSPS) is 15.8. The Morgan fingerprint density at radius 2 is 2.21 bits per heavy atom. The number of hydrogen-bond donors (Lipinski definition) is 1. The highest BCUT2D eigenvalue weighted by Crippen LogP contribution is 2.37. The van der Waals surface area contributed by atoms with Crippen molar-refractivity contribution in [3.05, 3.63) is 16.5 Å². The molecule has 0 atom stereocenters. The number of ether oxygens (including phenoxy) is 2. The number of amides is 1. The first kappa shape index (κ1) is 18.7. The molecule has 0 bridgehead atoms. The largest absolute Gasteiger partial charge is 0.448 e. The van der Waals surface area contributed by atoms with Crippen molar-refractivity contribution in [1.29, 1.82) is 5.26 Å². The lowest BCUT2D eigenvalue weighted by atomic mass is 9.88. The van der Waals surface area contributed by atoms with E-state index in [9.17, 15) is 10.1 Å². The molecule has 1 aromatic rings. The Morgan fingerprint density at radius 3 is 2.83 bits per heavy atom. The minimum atomic E-state index is -0.512. The number of carbonyl (C=O) groups excluding carboxylic acids is 1. The molecule has 1 aromatic heterocycles. The summed E-state index contributed by atoms with van der Waals surface area (Å²) in [5.41, 5.74) is 0.470. The van der Waals surface area contributed by atoms with Crippen molar-refractivity contribution in [2.24, 2.45) is 0 Å². The SMILES string of the molecule is CCC(C)(C)c1cc(C#N)c(NC(=O)OCCN2CCOCC2)s1. The van der Waals surface area contributed by atoms with Gasteiger partial charge in [-0.2, -0.15) is 5.26 Å². The summed E-state index contributed by atoms with van der Waals surface area (Å²) in [6.45, 7) is 10.6. The molecule has 0 radical (unpaired) electrons. The van der Waals surface area contributed by atoms with E-state index in [1.165, 1.54) is 11.3 Å². The number of morpholine rings is 1. The first-order chi connectivity index (χ1) is 11.5. The van der Waals surface area contributed by atoms with Gasteiger partial charge in [0.25, 0.3) is 0 Å². The summed E-state index contributed by atoms with van der Waals surface area (Å²) in [5.74, 6) is 0. The summed E-state index contributed by atoms with van der Waals surface area (Å²) in [7, 11) is 0. The zero-order valence-electron chi connectivity index (χ0n) is 14.6. The molecule has 0 aromatic carbocycles. The monoisotopic (exact) mass is 351 g/mol. The highest BCUT2D eigenvalue weighted by atomic mass is 32.1. The van der Waals surface area contributed by atoms with Gasteiger partial charge in [-0.1, -0.05) is 20.8 Å². The Kier molecular flexibility index (Phi) is 6.60. The highest BCUT2D eigenvalue weighted by Gasteiger charge is 2.23. The minimum absolute atomic E-state index is 0.0174. The molecule has 1 aliphatic rings. The van der Waals surface area contributed by atoms with Gasteiger partial charge in [0.2, 0.25) is 0 Å². The number of rotatable bonds is 6. The smallest absolute Gasteiger partial charge is 0.412 e. The lowest BCUT2D eigenvalue weighted by Crippen LogP contribution is -2.38. The van der Waals surface area contributed by atoms with Crippen LogP contribution in [-0.4, -0.2) is 50.4 Å². The molecule has 2 rings (SSSR count). The summed E-state index contributed by atoms with van der Waals surface area (Å²) >= 11 is 1.44. The van der Waals surface area contributed by atoms with Gasteiger partial charge in [-0.3, -0.25) is 10.2 Å². The molecule has 7 heteroatoms. The third-order valence-corrected chi connectivity index (χ3v) is 5.78. The zero-order chi connectivity index (χ0) is 17.6. The van der Waals surface area contributed by atoms with Gasteiger partial charge >= 0.3 is 6.09 Å². The van der Waals surface area contributed by atoms with E-state index in [2.05, 4.69) is 37.1 Å². The summed E-state index contributed by atoms with van der Waals surface area (Å²) in [6.07, 6.45) is 0.449. The van der Waals surface area contributed by atoms with Crippen LogP contribution in [-0.2, 0) is 14.9 Å². The van der Waals surface area contributed by atoms with Crippen LogP contribution in [0.3, 0.4) is 0 Å². The van der Waals surface area contributed by atoms with E-state index < -0.39 is 6.09 Å². The molecule has 6 nitrogen and oxygen atoms in total. The van der Waals surface area contributed by atoms with E-state index in [1.807, 2.05) is 6.07 Å². The van der Waals surface area contributed by atoms with E-state index in [1.54, 1.807) is 0 Å². The van der Waals surface area contributed by atoms with Gasteiger partial charge in [0, 0.05) is 24.5 Å². The Morgan fingerprint density at radius 1 is 1.50 bits per heavy atom. The summed E-state index contributed by atoms with van der Waals surface area (Å²) in [5, 5.41) is 12.5. The molecule has 1 fully saturated rings. The van der Waals surface area contributed by atoms with Gasteiger partial charge in [0.15, 0.2) is 0 Å².